The molecule has 1 heterocycles. The van der Waals surface area contributed by atoms with Gasteiger partial charge in [-0.3, -0.25) is 4.68 Å². The molecule has 0 saturated carbocycles. The van der Waals surface area contributed by atoms with E-state index in [2.05, 4.69) is 27.9 Å². The first-order chi connectivity index (χ1) is 14.8. The third-order valence-corrected chi connectivity index (χ3v) is 4.89. The Morgan fingerprint density at radius 3 is 2.13 bits per heavy atom. The van der Waals surface area contributed by atoms with Crippen molar-refractivity contribution in [1.29, 1.82) is 0 Å². The number of urea groups is 1. The number of rotatable bonds is 7. The van der Waals surface area contributed by atoms with Crippen molar-refractivity contribution in [3.8, 4) is 0 Å². The van der Waals surface area contributed by atoms with E-state index in [1.165, 1.54) is 0 Å². The quantitative estimate of drug-likeness (QED) is 0.482. The van der Waals surface area contributed by atoms with Crippen molar-refractivity contribution in [3.63, 3.8) is 0 Å². The molecule has 0 saturated heterocycles. The number of benzene rings is 3. The first kappa shape index (κ1) is 19.5. The molecule has 0 aliphatic heterocycles. The Morgan fingerprint density at radius 2 is 1.50 bits per heavy atom. The summed E-state index contributed by atoms with van der Waals surface area (Å²) in [6.07, 6.45) is 3.71. The molecule has 4 rings (SSSR count). The van der Waals surface area contributed by atoms with Crippen LogP contribution in [0, 0.1) is 0 Å². The standard InChI is InChI=1S/C25H24N4O/c30-25(26-18-20-9-7-10-21(17-20)19-29-16-8-15-27-29)28-24(22-11-3-1-4-12-22)23-13-5-2-6-14-23/h1-17,24H,18-19H2,(H2,26,28,30). The molecule has 4 aromatic rings. The van der Waals surface area contributed by atoms with Crippen molar-refractivity contribution in [1.82, 2.24) is 20.4 Å². The number of aromatic nitrogens is 2. The van der Waals surface area contributed by atoms with E-state index in [9.17, 15) is 4.79 Å². The van der Waals surface area contributed by atoms with E-state index < -0.39 is 0 Å². The maximum Gasteiger partial charge on any atom is 0.315 e. The summed E-state index contributed by atoms with van der Waals surface area (Å²) < 4.78 is 1.88. The number of carbonyl (C=O) groups is 1. The lowest BCUT2D eigenvalue weighted by atomic mass is 9.99. The van der Waals surface area contributed by atoms with E-state index in [0.29, 0.717) is 13.1 Å². The molecule has 5 heteroatoms. The number of nitrogens with zero attached hydrogens (tertiary/aromatic N) is 2. The van der Waals surface area contributed by atoms with Gasteiger partial charge in [0.25, 0.3) is 0 Å². The smallest absolute Gasteiger partial charge is 0.315 e. The Hall–Kier alpha value is -3.86. The number of nitrogens with one attached hydrogen (secondary N) is 2. The molecule has 0 aliphatic carbocycles. The average molecular weight is 396 g/mol. The largest absolute Gasteiger partial charge is 0.334 e. The molecule has 1 aromatic heterocycles. The van der Waals surface area contributed by atoms with Crippen molar-refractivity contribution in [2.75, 3.05) is 0 Å². The van der Waals surface area contributed by atoms with Gasteiger partial charge in [0.1, 0.15) is 0 Å². The Labute approximate surface area is 176 Å². The van der Waals surface area contributed by atoms with E-state index in [0.717, 1.165) is 22.3 Å². The van der Waals surface area contributed by atoms with Gasteiger partial charge in [-0.25, -0.2) is 4.79 Å². The van der Waals surface area contributed by atoms with Crippen molar-refractivity contribution < 1.29 is 4.79 Å². The topological polar surface area (TPSA) is 59.0 Å². The van der Waals surface area contributed by atoms with Crippen molar-refractivity contribution in [2.24, 2.45) is 0 Å². The molecule has 0 fully saturated rings. The normalized spacial score (nSPS) is 10.7. The molecule has 150 valence electrons. The summed E-state index contributed by atoms with van der Waals surface area (Å²) in [5.41, 5.74) is 4.27. The number of amides is 2. The van der Waals surface area contributed by atoms with Gasteiger partial charge in [-0.05, 0) is 28.3 Å². The van der Waals surface area contributed by atoms with Gasteiger partial charge in [-0.15, -0.1) is 0 Å². The lowest BCUT2D eigenvalue weighted by Gasteiger charge is -2.20. The highest BCUT2D eigenvalue weighted by Crippen LogP contribution is 2.21. The van der Waals surface area contributed by atoms with Crippen LogP contribution in [0.25, 0.3) is 0 Å². The monoisotopic (exact) mass is 396 g/mol. The predicted molar refractivity (Wildman–Crippen MR) is 118 cm³/mol. The fourth-order valence-corrected chi connectivity index (χ4v) is 3.43. The Morgan fingerprint density at radius 1 is 0.833 bits per heavy atom. The van der Waals surface area contributed by atoms with Gasteiger partial charge in [0, 0.05) is 18.9 Å². The SMILES string of the molecule is O=C(NCc1cccc(Cn2cccn2)c1)NC(c1ccccc1)c1ccccc1. The highest BCUT2D eigenvalue weighted by Gasteiger charge is 2.16. The van der Waals surface area contributed by atoms with Crippen LogP contribution in [-0.4, -0.2) is 15.8 Å². The molecule has 0 unspecified atom stereocenters. The van der Waals surface area contributed by atoms with Gasteiger partial charge in [0.2, 0.25) is 0 Å². The predicted octanol–water partition coefficient (Wildman–Crippen LogP) is 4.52. The van der Waals surface area contributed by atoms with Gasteiger partial charge in [0.05, 0.1) is 12.6 Å². The van der Waals surface area contributed by atoms with Gasteiger partial charge in [0.15, 0.2) is 0 Å². The van der Waals surface area contributed by atoms with Crippen LogP contribution in [0.5, 0.6) is 0 Å². The molecule has 3 aromatic carbocycles. The summed E-state index contributed by atoms with van der Waals surface area (Å²) in [4.78, 5) is 12.7. The lowest BCUT2D eigenvalue weighted by molar-refractivity contribution is 0.238. The molecule has 0 aliphatic rings. The van der Waals surface area contributed by atoms with Gasteiger partial charge in [-0.2, -0.15) is 5.10 Å². The summed E-state index contributed by atoms with van der Waals surface area (Å²) >= 11 is 0. The summed E-state index contributed by atoms with van der Waals surface area (Å²) in [5.74, 6) is 0. The molecule has 5 nitrogen and oxygen atoms in total. The minimum absolute atomic E-state index is 0.204. The molecule has 0 atom stereocenters. The molecule has 0 bridgehead atoms. The van der Waals surface area contributed by atoms with Crippen LogP contribution in [0.2, 0.25) is 0 Å². The first-order valence-electron chi connectivity index (χ1n) is 9.97. The van der Waals surface area contributed by atoms with Crippen LogP contribution in [0.15, 0.2) is 103 Å². The van der Waals surface area contributed by atoms with Crippen LogP contribution in [-0.2, 0) is 13.1 Å². The van der Waals surface area contributed by atoms with E-state index >= 15 is 0 Å². The Kier molecular flexibility index (Phi) is 6.20. The summed E-state index contributed by atoms with van der Waals surface area (Å²) in [5, 5.41) is 10.3. The minimum atomic E-state index is -0.210. The average Bonchev–Trinajstić information content (AvgIpc) is 3.30. The summed E-state index contributed by atoms with van der Waals surface area (Å²) in [6.45, 7) is 1.16. The maximum absolute atomic E-state index is 12.7. The number of hydrogen-bond donors (Lipinski definition) is 2. The van der Waals surface area contributed by atoms with Crippen LogP contribution in [0.3, 0.4) is 0 Å². The first-order valence-corrected chi connectivity index (χ1v) is 9.97. The zero-order valence-electron chi connectivity index (χ0n) is 16.6. The van der Waals surface area contributed by atoms with Crippen molar-refractivity contribution in [3.05, 3.63) is 126 Å². The second-order valence-corrected chi connectivity index (χ2v) is 7.10. The fraction of sp³-hybridized carbons (Fsp3) is 0.120. The Bertz CT molecular complexity index is 1020. The molecule has 30 heavy (non-hydrogen) atoms. The van der Waals surface area contributed by atoms with Gasteiger partial charge in [-0.1, -0.05) is 84.9 Å². The maximum atomic E-state index is 12.7. The molecule has 0 spiro atoms. The summed E-state index contributed by atoms with van der Waals surface area (Å²) in [6, 6.07) is 29.6. The van der Waals surface area contributed by atoms with E-state index in [1.807, 2.05) is 89.7 Å². The van der Waals surface area contributed by atoms with Crippen LogP contribution in [0.1, 0.15) is 28.3 Å². The second-order valence-electron chi connectivity index (χ2n) is 7.10. The molecule has 2 amide bonds. The Balaban J connectivity index is 1.41. The zero-order valence-corrected chi connectivity index (χ0v) is 16.6. The highest BCUT2D eigenvalue weighted by atomic mass is 16.2. The number of hydrogen-bond acceptors (Lipinski definition) is 2. The zero-order chi connectivity index (χ0) is 20.6. The second kappa shape index (κ2) is 9.56. The number of carbonyl (C=O) groups excluding carboxylic acids is 1. The van der Waals surface area contributed by atoms with E-state index in [-0.39, 0.29) is 12.1 Å². The van der Waals surface area contributed by atoms with Crippen LogP contribution in [0.4, 0.5) is 4.79 Å². The molecule has 0 radical (unpaired) electrons. The van der Waals surface area contributed by atoms with Gasteiger partial charge >= 0.3 is 6.03 Å². The van der Waals surface area contributed by atoms with E-state index in [1.54, 1.807) is 6.20 Å². The minimum Gasteiger partial charge on any atom is -0.334 e. The van der Waals surface area contributed by atoms with Gasteiger partial charge < -0.3 is 10.6 Å². The molecular formula is C25H24N4O. The third kappa shape index (κ3) is 5.14. The van der Waals surface area contributed by atoms with Crippen molar-refractivity contribution in [2.45, 2.75) is 19.1 Å². The highest BCUT2D eigenvalue weighted by molar-refractivity contribution is 5.75. The lowest BCUT2D eigenvalue weighted by Crippen LogP contribution is -2.38. The fourth-order valence-electron chi connectivity index (χ4n) is 3.43. The van der Waals surface area contributed by atoms with E-state index in [4.69, 9.17) is 0 Å². The van der Waals surface area contributed by atoms with Crippen LogP contribution < -0.4 is 10.6 Å². The van der Waals surface area contributed by atoms with Crippen LogP contribution >= 0.6 is 0 Å². The molecule has 2 N–H and O–H groups in total. The third-order valence-electron chi connectivity index (χ3n) is 4.89. The molecular weight excluding hydrogens is 372 g/mol. The van der Waals surface area contributed by atoms with Crippen molar-refractivity contribution >= 4 is 6.03 Å². The summed E-state index contributed by atoms with van der Waals surface area (Å²) in [7, 11) is 0.